The van der Waals surface area contributed by atoms with E-state index in [1.54, 1.807) is 7.11 Å². The third kappa shape index (κ3) is 3.54. The first-order valence-corrected chi connectivity index (χ1v) is 6.73. The highest BCUT2D eigenvalue weighted by Gasteiger charge is 2.12. The number of rotatable bonds is 4. The molecule has 2 rings (SSSR count). The van der Waals surface area contributed by atoms with Crippen molar-refractivity contribution in [3.63, 3.8) is 0 Å². The van der Waals surface area contributed by atoms with Gasteiger partial charge >= 0.3 is 0 Å². The molecule has 19 heavy (non-hydrogen) atoms. The molecule has 0 saturated heterocycles. The lowest BCUT2D eigenvalue weighted by molar-refractivity contribution is 0.230. The van der Waals surface area contributed by atoms with Gasteiger partial charge < -0.3 is 9.47 Å². The first-order valence-electron chi connectivity index (χ1n) is 6.36. The van der Waals surface area contributed by atoms with E-state index in [9.17, 15) is 0 Å². The van der Waals surface area contributed by atoms with E-state index >= 15 is 0 Å². The van der Waals surface area contributed by atoms with Crippen LogP contribution in [0.5, 0.6) is 11.5 Å². The van der Waals surface area contributed by atoms with Crippen LogP contribution in [0.3, 0.4) is 0 Å². The Morgan fingerprint density at radius 1 is 1.21 bits per heavy atom. The second-order valence-electron chi connectivity index (χ2n) is 4.66. The third-order valence-corrected chi connectivity index (χ3v) is 3.07. The number of allylic oxidation sites excluding steroid dienone is 4. The average Bonchev–Trinajstić information content (AvgIpc) is 2.38. The second-order valence-corrected chi connectivity index (χ2v) is 5.10. The molecule has 0 spiro atoms. The first-order chi connectivity index (χ1) is 9.10. The zero-order chi connectivity index (χ0) is 13.8. The summed E-state index contributed by atoms with van der Waals surface area (Å²) in [7, 11) is 1.65. The Bertz CT molecular complexity index is 515. The van der Waals surface area contributed by atoms with Gasteiger partial charge in [0.05, 0.1) is 13.2 Å². The molecule has 0 amide bonds. The zero-order valence-electron chi connectivity index (χ0n) is 11.4. The van der Waals surface area contributed by atoms with Crippen molar-refractivity contribution in [1.29, 1.82) is 0 Å². The highest BCUT2D eigenvalue weighted by molar-refractivity contribution is 6.32. The first kappa shape index (κ1) is 14.0. The van der Waals surface area contributed by atoms with E-state index in [0.29, 0.717) is 0 Å². The van der Waals surface area contributed by atoms with Gasteiger partial charge in [-0.25, -0.2) is 0 Å². The Morgan fingerprint density at radius 3 is 2.63 bits per heavy atom. The van der Waals surface area contributed by atoms with Crippen LogP contribution in [0.4, 0.5) is 0 Å². The molecule has 0 bridgehead atoms. The van der Waals surface area contributed by atoms with Crippen molar-refractivity contribution < 1.29 is 9.47 Å². The monoisotopic (exact) mass is 277 g/mol. The summed E-state index contributed by atoms with van der Waals surface area (Å²) < 4.78 is 11.1. The summed E-state index contributed by atoms with van der Waals surface area (Å²) in [5.74, 6) is 1.51. The van der Waals surface area contributed by atoms with Gasteiger partial charge in [-0.3, -0.25) is 0 Å². The number of benzene rings is 1. The molecule has 101 valence electrons. The highest BCUT2D eigenvalue weighted by Crippen LogP contribution is 2.34. The maximum Gasteiger partial charge on any atom is 0.162 e. The van der Waals surface area contributed by atoms with Gasteiger partial charge in [0.15, 0.2) is 11.5 Å². The molecule has 0 N–H and O–H groups in total. The Kier molecular flexibility index (Phi) is 4.54. The Hall–Kier alpha value is -1.41. The number of hydrogen-bond donors (Lipinski definition) is 0. The minimum atomic E-state index is 0.108. The van der Waals surface area contributed by atoms with Crippen molar-refractivity contribution >= 4 is 17.2 Å². The minimum absolute atomic E-state index is 0.108. The Balaban J connectivity index is 2.34. The van der Waals surface area contributed by atoms with Crippen LogP contribution < -0.4 is 9.47 Å². The Labute approximate surface area is 119 Å². The highest BCUT2D eigenvalue weighted by atomic mass is 35.5. The van der Waals surface area contributed by atoms with Gasteiger partial charge in [0, 0.05) is 5.03 Å². The molecule has 0 saturated carbocycles. The fourth-order valence-electron chi connectivity index (χ4n) is 1.97. The van der Waals surface area contributed by atoms with Crippen LogP contribution >= 0.6 is 11.6 Å². The molecule has 1 aliphatic rings. The van der Waals surface area contributed by atoms with Gasteiger partial charge in [0.25, 0.3) is 0 Å². The van der Waals surface area contributed by atoms with Crippen LogP contribution in [0.2, 0.25) is 0 Å². The summed E-state index contributed by atoms with van der Waals surface area (Å²) in [6.07, 6.45) is 7.06. The van der Waals surface area contributed by atoms with Crippen molar-refractivity contribution in [1.82, 2.24) is 0 Å². The van der Waals surface area contributed by atoms with Gasteiger partial charge in [-0.05, 0) is 56.0 Å². The molecule has 2 nitrogen and oxygen atoms in total. The number of halogens is 1. The van der Waals surface area contributed by atoms with Crippen molar-refractivity contribution in [3.05, 3.63) is 47.4 Å². The summed E-state index contributed by atoms with van der Waals surface area (Å²) in [5.41, 5.74) is 2.20. The number of ether oxygens (including phenoxy) is 2. The van der Waals surface area contributed by atoms with Gasteiger partial charge in [0.2, 0.25) is 0 Å². The molecule has 0 unspecified atom stereocenters. The molecule has 1 aliphatic carbocycles. The lowest BCUT2D eigenvalue weighted by atomic mass is 9.97. The topological polar surface area (TPSA) is 18.5 Å². The molecule has 0 aliphatic heterocycles. The van der Waals surface area contributed by atoms with E-state index in [2.05, 4.69) is 6.42 Å². The van der Waals surface area contributed by atoms with Crippen molar-refractivity contribution in [2.45, 2.75) is 26.4 Å². The molecule has 1 radical (unpaired) electrons. The third-order valence-electron chi connectivity index (χ3n) is 2.80. The van der Waals surface area contributed by atoms with Crippen LogP contribution in [-0.4, -0.2) is 13.2 Å². The summed E-state index contributed by atoms with van der Waals surface area (Å²) in [5, 5.41) is 0.777. The zero-order valence-corrected chi connectivity index (χ0v) is 12.2. The molecule has 3 heteroatoms. The molecular weight excluding hydrogens is 260 g/mol. The molecule has 0 fully saturated rings. The summed E-state index contributed by atoms with van der Waals surface area (Å²) >= 11 is 6.05. The van der Waals surface area contributed by atoms with E-state index in [-0.39, 0.29) is 6.10 Å². The van der Waals surface area contributed by atoms with Crippen LogP contribution in [-0.2, 0) is 0 Å². The summed E-state index contributed by atoms with van der Waals surface area (Å²) in [6, 6.07) is 5.94. The van der Waals surface area contributed by atoms with E-state index in [0.717, 1.165) is 34.1 Å². The van der Waals surface area contributed by atoms with E-state index in [1.807, 2.05) is 44.2 Å². The largest absolute Gasteiger partial charge is 0.493 e. The van der Waals surface area contributed by atoms with Crippen molar-refractivity contribution in [2.24, 2.45) is 0 Å². The standard InChI is InChI=1S/C16H18ClO2/c1-11(2)19-16-10-13(7-8-15(16)18-3)12-5-4-6-14(17)9-12/h5-11H,4H2,1-3H3. The number of hydrogen-bond acceptors (Lipinski definition) is 2. The van der Waals surface area contributed by atoms with Gasteiger partial charge in [-0.2, -0.15) is 0 Å². The van der Waals surface area contributed by atoms with Crippen molar-refractivity contribution in [2.75, 3.05) is 7.11 Å². The molecule has 0 aromatic heterocycles. The minimum Gasteiger partial charge on any atom is -0.493 e. The summed E-state index contributed by atoms with van der Waals surface area (Å²) in [6.45, 7) is 4.00. The summed E-state index contributed by atoms with van der Waals surface area (Å²) in [4.78, 5) is 0. The smallest absolute Gasteiger partial charge is 0.162 e. The van der Waals surface area contributed by atoms with Gasteiger partial charge in [0.1, 0.15) is 0 Å². The lowest BCUT2D eigenvalue weighted by Crippen LogP contribution is -2.07. The molecule has 0 atom stereocenters. The predicted octanol–water partition coefficient (Wildman–Crippen LogP) is 4.60. The molecular formula is C16H18ClO2. The van der Waals surface area contributed by atoms with Crippen LogP contribution in [0.25, 0.3) is 5.57 Å². The molecule has 0 heterocycles. The van der Waals surface area contributed by atoms with Crippen LogP contribution in [0, 0.1) is 6.42 Å². The number of methoxy groups -OCH3 is 1. The van der Waals surface area contributed by atoms with Crippen LogP contribution in [0.15, 0.2) is 35.4 Å². The maximum absolute atomic E-state index is 6.05. The van der Waals surface area contributed by atoms with Crippen molar-refractivity contribution in [3.8, 4) is 11.5 Å². The quantitative estimate of drug-likeness (QED) is 0.801. The average molecular weight is 278 g/mol. The second kappa shape index (κ2) is 6.16. The van der Waals surface area contributed by atoms with E-state index < -0.39 is 0 Å². The Morgan fingerprint density at radius 2 is 2.00 bits per heavy atom. The van der Waals surface area contributed by atoms with Gasteiger partial charge in [-0.15, -0.1) is 0 Å². The maximum atomic E-state index is 6.05. The fourth-order valence-corrected chi connectivity index (χ4v) is 2.18. The molecule has 1 aromatic rings. The SMILES string of the molecule is COc1ccc(C2=CC(Cl)=CC[CH]2)cc1OC(C)C. The molecule has 1 aromatic carbocycles. The van der Waals surface area contributed by atoms with E-state index in [1.165, 1.54) is 0 Å². The lowest BCUT2D eigenvalue weighted by Gasteiger charge is -2.16. The predicted molar refractivity (Wildman–Crippen MR) is 79.6 cm³/mol. The normalized spacial score (nSPS) is 15.0. The van der Waals surface area contributed by atoms with Gasteiger partial charge in [-0.1, -0.05) is 23.7 Å². The van der Waals surface area contributed by atoms with E-state index in [4.69, 9.17) is 21.1 Å². The van der Waals surface area contributed by atoms with Crippen LogP contribution in [0.1, 0.15) is 25.8 Å². The fraction of sp³-hybridized carbons (Fsp3) is 0.312.